The van der Waals surface area contributed by atoms with Crippen LogP contribution >= 0.6 is 11.3 Å². The predicted molar refractivity (Wildman–Crippen MR) is 85.5 cm³/mol. The summed E-state index contributed by atoms with van der Waals surface area (Å²) in [7, 11) is 0. The molecular weight excluding hydrogens is 280 g/mol. The van der Waals surface area contributed by atoms with Crippen LogP contribution in [-0.2, 0) is 6.54 Å². The minimum Gasteiger partial charge on any atom is -0.360 e. The van der Waals surface area contributed by atoms with Crippen LogP contribution < -0.4 is 0 Å². The van der Waals surface area contributed by atoms with E-state index in [1.165, 1.54) is 4.88 Å². The topological polar surface area (TPSA) is 36.1 Å². The monoisotopic (exact) mass is 296 g/mol. The minimum absolute atomic E-state index is 0.142. The number of fused-ring (bicyclic) bond motifs is 1. The summed E-state index contributed by atoms with van der Waals surface area (Å²) in [5.74, 6) is 0.142. The fourth-order valence-corrected chi connectivity index (χ4v) is 3.43. The molecule has 1 aliphatic rings. The molecule has 3 nitrogen and oxygen atoms in total. The van der Waals surface area contributed by atoms with Crippen molar-refractivity contribution < 1.29 is 4.79 Å². The molecule has 1 saturated carbocycles. The Morgan fingerprint density at radius 2 is 2.10 bits per heavy atom. The van der Waals surface area contributed by atoms with E-state index in [1.807, 2.05) is 41.4 Å². The Morgan fingerprint density at radius 3 is 2.86 bits per heavy atom. The van der Waals surface area contributed by atoms with Crippen LogP contribution in [0.2, 0.25) is 0 Å². The maximum Gasteiger partial charge on any atom is 0.256 e. The van der Waals surface area contributed by atoms with Gasteiger partial charge in [-0.25, -0.2) is 0 Å². The number of carbonyl (C=O) groups excluding carboxylic acids is 1. The number of nitrogens with one attached hydrogen (secondary N) is 1. The van der Waals surface area contributed by atoms with Crippen molar-refractivity contribution in [1.82, 2.24) is 9.88 Å². The summed E-state index contributed by atoms with van der Waals surface area (Å²) in [5, 5.41) is 3.08. The van der Waals surface area contributed by atoms with Crippen molar-refractivity contribution in [2.24, 2.45) is 0 Å². The van der Waals surface area contributed by atoms with Gasteiger partial charge in [0.2, 0.25) is 0 Å². The number of rotatable bonds is 4. The normalized spacial score (nSPS) is 14.5. The van der Waals surface area contributed by atoms with Gasteiger partial charge in [-0.1, -0.05) is 24.3 Å². The van der Waals surface area contributed by atoms with E-state index >= 15 is 0 Å². The minimum atomic E-state index is 0.142. The standard InChI is InChI=1S/C17H16N2OS/c20-17(15-10-18-16-6-2-1-5-14(15)16)19(12-7-8-12)11-13-4-3-9-21-13/h1-6,9-10,12,18H,7-8,11H2. The molecule has 0 saturated heterocycles. The van der Waals surface area contributed by atoms with Crippen molar-refractivity contribution in [3.05, 3.63) is 58.4 Å². The number of H-pyrrole nitrogens is 1. The molecule has 0 spiro atoms. The molecular formula is C17H16N2OS. The lowest BCUT2D eigenvalue weighted by Crippen LogP contribution is -2.32. The van der Waals surface area contributed by atoms with Crippen molar-refractivity contribution in [3.8, 4) is 0 Å². The lowest BCUT2D eigenvalue weighted by atomic mass is 10.1. The molecule has 4 heteroatoms. The van der Waals surface area contributed by atoms with Gasteiger partial charge in [-0.2, -0.15) is 0 Å². The molecule has 106 valence electrons. The van der Waals surface area contributed by atoms with E-state index in [1.54, 1.807) is 11.3 Å². The maximum absolute atomic E-state index is 12.9. The molecule has 0 radical (unpaired) electrons. The van der Waals surface area contributed by atoms with E-state index in [0.717, 1.165) is 35.9 Å². The Hall–Kier alpha value is -2.07. The second-order valence-electron chi connectivity index (χ2n) is 5.49. The summed E-state index contributed by atoms with van der Waals surface area (Å²) in [5.41, 5.74) is 1.81. The fourth-order valence-electron chi connectivity index (χ4n) is 2.73. The van der Waals surface area contributed by atoms with Gasteiger partial charge in [-0.05, 0) is 30.4 Å². The molecule has 2 heterocycles. The van der Waals surface area contributed by atoms with Crippen molar-refractivity contribution in [1.29, 1.82) is 0 Å². The Balaban J connectivity index is 1.67. The van der Waals surface area contributed by atoms with Crippen LogP contribution in [-0.4, -0.2) is 21.8 Å². The van der Waals surface area contributed by atoms with Crippen LogP contribution in [0.1, 0.15) is 28.1 Å². The van der Waals surface area contributed by atoms with Crippen LogP contribution in [0, 0.1) is 0 Å². The van der Waals surface area contributed by atoms with Crippen LogP contribution in [0.5, 0.6) is 0 Å². The van der Waals surface area contributed by atoms with Crippen molar-refractivity contribution >= 4 is 28.1 Å². The van der Waals surface area contributed by atoms with Gasteiger partial charge in [0, 0.05) is 28.0 Å². The zero-order valence-corrected chi connectivity index (χ0v) is 12.4. The van der Waals surface area contributed by atoms with E-state index in [0.29, 0.717) is 6.04 Å². The number of amides is 1. The molecule has 0 bridgehead atoms. The van der Waals surface area contributed by atoms with Crippen LogP contribution in [0.3, 0.4) is 0 Å². The highest BCUT2D eigenvalue weighted by Crippen LogP contribution is 2.32. The van der Waals surface area contributed by atoms with Gasteiger partial charge < -0.3 is 9.88 Å². The number of aromatic amines is 1. The SMILES string of the molecule is O=C(c1c[nH]c2ccccc12)N(Cc1cccs1)C1CC1. The van der Waals surface area contributed by atoms with Crippen molar-refractivity contribution in [2.75, 3.05) is 0 Å². The van der Waals surface area contributed by atoms with Gasteiger partial charge in [-0.15, -0.1) is 11.3 Å². The Bertz CT molecular complexity index is 771. The van der Waals surface area contributed by atoms with E-state index in [-0.39, 0.29) is 5.91 Å². The van der Waals surface area contributed by atoms with E-state index in [4.69, 9.17) is 0 Å². The molecule has 1 aromatic carbocycles. The molecule has 1 aliphatic carbocycles. The van der Waals surface area contributed by atoms with Crippen LogP contribution in [0.4, 0.5) is 0 Å². The average Bonchev–Trinajstić information content (AvgIpc) is 3.05. The first kappa shape index (κ1) is 12.7. The third-order valence-corrected chi connectivity index (χ3v) is 4.84. The first-order chi connectivity index (χ1) is 10.3. The summed E-state index contributed by atoms with van der Waals surface area (Å²) in [4.78, 5) is 19.4. The number of hydrogen-bond donors (Lipinski definition) is 1. The highest BCUT2D eigenvalue weighted by molar-refractivity contribution is 7.09. The van der Waals surface area contributed by atoms with Crippen molar-refractivity contribution in [3.63, 3.8) is 0 Å². The second kappa shape index (κ2) is 5.04. The quantitative estimate of drug-likeness (QED) is 0.775. The molecule has 0 atom stereocenters. The molecule has 1 N–H and O–H groups in total. The first-order valence-corrected chi connectivity index (χ1v) is 8.10. The molecule has 4 rings (SSSR count). The van der Waals surface area contributed by atoms with Crippen LogP contribution in [0.25, 0.3) is 10.9 Å². The molecule has 2 aromatic heterocycles. The molecule has 1 fully saturated rings. The number of para-hydroxylation sites is 1. The fraction of sp³-hybridized carbons (Fsp3) is 0.235. The zero-order chi connectivity index (χ0) is 14.2. The van der Waals surface area contributed by atoms with Gasteiger partial charge in [0.25, 0.3) is 5.91 Å². The molecule has 1 amide bonds. The predicted octanol–water partition coefficient (Wildman–Crippen LogP) is 4.03. The Kier molecular flexibility index (Phi) is 3.04. The maximum atomic E-state index is 12.9. The third-order valence-electron chi connectivity index (χ3n) is 3.97. The highest BCUT2D eigenvalue weighted by Gasteiger charge is 2.34. The van der Waals surface area contributed by atoms with E-state index in [2.05, 4.69) is 16.4 Å². The lowest BCUT2D eigenvalue weighted by Gasteiger charge is -2.21. The first-order valence-electron chi connectivity index (χ1n) is 7.22. The van der Waals surface area contributed by atoms with Gasteiger partial charge in [0.05, 0.1) is 12.1 Å². The summed E-state index contributed by atoms with van der Waals surface area (Å²) < 4.78 is 0. The third kappa shape index (κ3) is 2.36. The number of thiophene rings is 1. The van der Waals surface area contributed by atoms with E-state index in [9.17, 15) is 4.79 Å². The summed E-state index contributed by atoms with van der Waals surface area (Å²) >= 11 is 1.71. The van der Waals surface area contributed by atoms with Crippen molar-refractivity contribution in [2.45, 2.75) is 25.4 Å². The van der Waals surface area contributed by atoms with Gasteiger partial charge in [0.1, 0.15) is 0 Å². The average molecular weight is 296 g/mol. The number of aromatic nitrogens is 1. The Morgan fingerprint density at radius 1 is 1.24 bits per heavy atom. The van der Waals surface area contributed by atoms with Gasteiger partial charge in [-0.3, -0.25) is 4.79 Å². The lowest BCUT2D eigenvalue weighted by molar-refractivity contribution is 0.0734. The number of benzene rings is 1. The molecule has 0 unspecified atom stereocenters. The molecule has 21 heavy (non-hydrogen) atoms. The van der Waals surface area contributed by atoms with Gasteiger partial charge >= 0.3 is 0 Å². The Labute approximate surface area is 127 Å². The van der Waals surface area contributed by atoms with Crippen LogP contribution in [0.15, 0.2) is 48.0 Å². The summed E-state index contributed by atoms with van der Waals surface area (Å²) in [6.07, 6.45) is 4.09. The second-order valence-corrected chi connectivity index (χ2v) is 6.52. The van der Waals surface area contributed by atoms with E-state index < -0.39 is 0 Å². The number of nitrogens with zero attached hydrogens (tertiary/aromatic N) is 1. The molecule has 3 aromatic rings. The highest BCUT2D eigenvalue weighted by atomic mass is 32.1. The van der Waals surface area contributed by atoms with Gasteiger partial charge in [0.15, 0.2) is 0 Å². The zero-order valence-electron chi connectivity index (χ0n) is 11.6. The number of hydrogen-bond acceptors (Lipinski definition) is 2. The summed E-state index contributed by atoms with van der Waals surface area (Å²) in [6, 6.07) is 12.5. The smallest absolute Gasteiger partial charge is 0.256 e. The number of carbonyl (C=O) groups is 1. The molecule has 0 aliphatic heterocycles. The summed E-state index contributed by atoms with van der Waals surface area (Å²) in [6.45, 7) is 0.723. The largest absolute Gasteiger partial charge is 0.360 e.